The van der Waals surface area contributed by atoms with Crippen molar-refractivity contribution in [2.75, 3.05) is 11.9 Å². The maximum atomic E-state index is 12.8. The molecule has 8 heteroatoms. The van der Waals surface area contributed by atoms with E-state index in [1.165, 1.54) is 6.08 Å². The van der Waals surface area contributed by atoms with Crippen LogP contribution in [0.4, 0.5) is 19.1 Å². The zero-order valence-electron chi connectivity index (χ0n) is 7.88. The molecule has 0 bridgehead atoms. The van der Waals surface area contributed by atoms with Crippen molar-refractivity contribution in [3.8, 4) is 5.88 Å². The number of anilines is 1. The molecule has 0 aliphatic heterocycles. The predicted molar refractivity (Wildman–Crippen MR) is 52.1 cm³/mol. The first-order valence-corrected chi connectivity index (χ1v) is 4.43. The molecule has 1 aromatic heterocycles. The first-order valence-electron chi connectivity index (χ1n) is 4.06. The van der Waals surface area contributed by atoms with Crippen LogP contribution in [0.15, 0.2) is 18.7 Å². The third kappa shape index (κ3) is 4.35. The Morgan fingerprint density at radius 2 is 2.25 bits per heavy atom. The summed E-state index contributed by atoms with van der Waals surface area (Å²) in [7, 11) is 0. The lowest BCUT2D eigenvalue weighted by atomic mass is 10.6. The molecule has 1 aromatic rings. The summed E-state index contributed by atoms with van der Waals surface area (Å²) >= 11 is 4.50. The Hall–Kier alpha value is -1.50. The highest BCUT2D eigenvalue weighted by atomic mass is 35.5. The third-order valence-electron chi connectivity index (χ3n) is 1.30. The lowest BCUT2D eigenvalue weighted by Gasteiger charge is -2.10. The summed E-state index contributed by atoms with van der Waals surface area (Å²) in [4.78, 5) is 6.76. The van der Waals surface area contributed by atoms with E-state index < -0.39 is 17.4 Å². The van der Waals surface area contributed by atoms with Gasteiger partial charge in [-0.3, -0.25) is 0 Å². The standard InChI is InChI=1S/C8H7ClF3N3O/c1-2-3-13-7-14-5(10)4-6(15-7)16-8(9,11)12/h2,4H,1,3H2,(H,13,14,15). The van der Waals surface area contributed by atoms with Gasteiger partial charge in [0.1, 0.15) is 0 Å². The Labute approximate surface area is 94.1 Å². The van der Waals surface area contributed by atoms with E-state index in [0.29, 0.717) is 6.07 Å². The van der Waals surface area contributed by atoms with Crippen molar-refractivity contribution in [3.63, 3.8) is 0 Å². The van der Waals surface area contributed by atoms with Crippen LogP contribution in [0.1, 0.15) is 0 Å². The highest BCUT2D eigenvalue weighted by molar-refractivity contribution is 6.20. The number of halogens is 4. The van der Waals surface area contributed by atoms with Crippen LogP contribution in [0, 0.1) is 5.95 Å². The van der Waals surface area contributed by atoms with E-state index >= 15 is 0 Å². The molecule has 0 radical (unpaired) electrons. The maximum Gasteiger partial charge on any atom is 0.488 e. The van der Waals surface area contributed by atoms with Gasteiger partial charge in [-0.1, -0.05) is 6.08 Å². The Bertz CT molecular complexity index is 383. The molecule has 0 spiro atoms. The van der Waals surface area contributed by atoms with E-state index in [9.17, 15) is 13.2 Å². The Balaban J connectivity index is 2.85. The number of nitrogens with one attached hydrogen (secondary N) is 1. The second kappa shape index (κ2) is 5.02. The van der Waals surface area contributed by atoms with Gasteiger partial charge in [0, 0.05) is 18.1 Å². The number of ether oxygens (including phenoxy) is 1. The summed E-state index contributed by atoms with van der Waals surface area (Å²) in [6.07, 6.45) is 1.46. The van der Waals surface area contributed by atoms with Crippen LogP contribution in [0.2, 0.25) is 0 Å². The number of alkyl halides is 3. The normalized spacial score (nSPS) is 11.0. The van der Waals surface area contributed by atoms with E-state index in [1.807, 2.05) is 0 Å². The molecule has 0 amide bonds. The minimum absolute atomic E-state index is 0.198. The second-order valence-corrected chi connectivity index (χ2v) is 3.01. The lowest BCUT2D eigenvalue weighted by molar-refractivity contribution is -0.0992. The minimum Gasteiger partial charge on any atom is -0.402 e. The number of hydrogen-bond donors (Lipinski definition) is 1. The highest BCUT2D eigenvalue weighted by Crippen LogP contribution is 2.24. The van der Waals surface area contributed by atoms with Gasteiger partial charge in [0.25, 0.3) is 0 Å². The van der Waals surface area contributed by atoms with Crippen molar-refractivity contribution < 1.29 is 17.9 Å². The average molecular weight is 254 g/mol. The topological polar surface area (TPSA) is 47.0 Å². The van der Waals surface area contributed by atoms with Crippen LogP contribution >= 0.6 is 11.6 Å². The van der Waals surface area contributed by atoms with Crippen LogP contribution in [0.25, 0.3) is 0 Å². The van der Waals surface area contributed by atoms with Crippen LogP contribution in [0.5, 0.6) is 5.88 Å². The number of aromatic nitrogens is 2. The highest BCUT2D eigenvalue weighted by Gasteiger charge is 2.28. The summed E-state index contributed by atoms with van der Waals surface area (Å²) in [5.74, 6) is -1.88. The number of rotatable bonds is 5. The Kier molecular flexibility index (Phi) is 3.94. The molecule has 0 fully saturated rings. The molecular formula is C8H7ClF3N3O. The largest absolute Gasteiger partial charge is 0.488 e. The van der Waals surface area contributed by atoms with E-state index in [-0.39, 0.29) is 12.5 Å². The van der Waals surface area contributed by atoms with E-state index in [4.69, 9.17) is 0 Å². The van der Waals surface area contributed by atoms with Crippen molar-refractivity contribution in [2.24, 2.45) is 0 Å². The monoisotopic (exact) mass is 253 g/mol. The van der Waals surface area contributed by atoms with Gasteiger partial charge in [-0.15, -0.1) is 15.4 Å². The molecule has 16 heavy (non-hydrogen) atoms. The van der Waals surface area contributed by atoms with Crippen molar-refractivity contribution in [1.29, 1.82) is 0 Å². The predicted octanol–water partition coefficient (Wildman–Crippen LogP) is 2.38. The van der Waals surface area contributed by atoms with Gasteiger partial charge < -0.3 is 10.1 Å². The first kappa shape index (κ1) is 12.6. The molecule has 0 saturated carbocycles. The van der Waals surface area contributed by atoms with Crippen LogP contribution in [-0.4, -0.2) is 22.1 Å². The van der Waals surface area contributed by atoms with Gasteiger partial charge in [-0.05, 0) is 0 Å². The summed E-state index contributed by atoms with van der Waals surface area (Å²) in [6, 6.07) is 0.593. The second-order valence-electron chi connectivity index (χ2n) is 2.57. The fourth-order valence-corrected chi connectivity index (χ4v) is 0.889. The van der Waals surface area contributed by atoms with Gasteiger partial charge in [0.15, 0.2) is 0 Å². The quantitative estimate of drug-likeness (QED) is 0.497. The van der Waals surface area contributed by atoms with Gasteiger partial charge in [0.2, 0.25) is 17.8 Å². The fourth-order valence-electron chi connectivity index (χ4n) is 0.810. The van der Waals surface area contributed by atoms with Crippen molar-refractivity contribution in [1.82, 2.24) is 9.97 Å². The molecule has 0 aromatic carbocycles. The van der Waals surface area contributed by atoms with Gasteiger partial charge in [0.05, 0.1) is 6.07 Å². The summed E-state index contributed by atoms with van der Waals surface area (Å²) < 4.78 is 41.2. The zero-order chi connectivity index (χ0) is 12.2. The van der Waals surface area contributed by atoms with E-state index in [2.05, 4.69) is 38.2 Å². The molecule has 1 N–H and O–H groups in total. The van der Waals surface area contributed by atoms with Crippen molar-refractivity contribution >= 4 is 17.5 Å². The molecular weight excluding hydrogens is 247 g/mol. The number of hydrogen-bond acceptors (Lipinski definition) is 4. The number of nitrogens with zero attached hydrogens (tertiary/aromatic N) is 2. The molecule has 1 heterocycles. The van der Waals surface area contributed by atoms with Gasteiger partial charge in [-0.2, -0.15) is 14.4 Å². The molecule has 0 unspecified atom stereocenters. The fraction of sp³-hybridized carbons (Fsp3) is 0.250. The molecule has 0 aliphatic rings. The molecule has 0 aliphatic carbocycles. The Morgan fingerprint density at radius 3 is 2.81 bits per heavy atom. The SMILES string of the molecule is C=CCNc1nc(F)cc(OC(F)(F)Cl)n1. The van der Waals surface area contributed by atoms with E-state index in [1.54, 1.807) is 0 Å². The lowest BCUT2D eigenvalue weighted by Crippen LogP contribution is -2.17. The van der Waals surface area contributed by atoms with Crippen LogP contribution < -0.4 is 10.1 Å². The van der Waals surface area contributed by atoms with Crippen LogP contribution in [0.3, 0.4) is 0 Å². The molecule has 0 saturated heterocycles. The zero-order valence-corrected chi connectivity index (χ0v) is 8.64. The Morgan fingerprint density at radius 1 is 1.56 bits per heavy atom. The molecule has 1 rings (SSSR count). The maximum absolute atomic E-state index is 12.8. The third-order valence-corrected chi connectivity index (χ3v) is 1.37. The van der Waals surface area contributed by atoms with Crippen LogP contribution in [-0.2, 0) is 0 Å². The van der Waals surface area contributed by atoms with Crippen molar-refractivity contribution in [3.05, 3.63) is 24.7 Å². The summed E-state index contributed by atoms with van der Waals surface area (Å²) in [6.45, 7) is 3.65. The molecule has 0 atom stereocenters. The minimum atomic E-state index is -3.95. The first-order chi connectivity index (χ1) is 7.40. The average Bonchev–Trinajstić information content (AvgIpc) is 2.10. The smallest absolute Gasteiger partial charge is 0.402 e. The summed E-state index contributed by atoms with van der Waals surface area (Å²) in [5.41, 5.74) is -3.95. The van der Waals surface area contributed by atoms with Crippen molar-refractivity contribution in [2.45, 2.75) is 5.57 Å². The van der Waals surface area contributed by atoms with Gasteiger partial charge >= 0.3 is 5.57 Å². The molecule has 88 valence electrons. The van der Waals surface area contributed by atoms with Gasteiger partial charge in [-0.25, -0.2) is 0 Å². The summed E-state index contributed by atoms with van der Waals surface area (Å²) in [5, 5.41) is 2.51. The van der Waals surface area contributed by atoms with E-state index in [0.717, 1.165) is 0 Å². The molecule has 4 nitrogen and oxygen atoms in total.